The molecule has 1 aromatic carbocycles. The Labute approximate surface area is 109 Å². The first kappa shape index (κ1) is 13.2. The number of Topliss-reactive ketones (excluding diaryl/α,β-unsaturated/α-hetero) is 2. The summed E-state index contributed by atoms with van der Waals surface area (Å²) in [5.74, 6) is -1.06. The molecule has 6 heteroatoms. The molecule has 0 aromatic heterocycles. The quantitative estimate of drug-likeness (QED) is 0.469. The molecule has 0 radical (unpaired) electrons. The summed E-state index contributed by atoms with van der Waals surface area (Å²) < 4.78 is 5.46. The zero-order chi connectivity index (χ0) is 14.2. The molecule has 0 N–H and O–H groups in total. The zero-order valence-electron chi connectivity index (χ0n) is 10.6. The van der Waals surface area contributed by atoms with Gasteiger partial charge in [0, 0.05) is 10.5 Å². The van der Waals surface area contributed by atoms with Crippen LogP contribution in [0, 0.1) is 16.0 Å². The van der Waals surface area contributed by atoms with Crippen LogP contribution in [0.2, 0.25) is 0 Å². The number of ether oxygens (including phenoxy) is 1. The lowest BCUT2D eigenvalue weighted by Gasteiger charge is -2.10. The Balaban J connectivity index is 2.42. The van der Waals surface area contributed by atoms with E-state index in [2.05, 4.69) is 0 Å². The van der Waals surface area contributed by atoms with E-state index < -0.39 is 22.5 Å². The highest BCUT2D eigenvalue weighted by molar-refractivity contribution is 6.29. The van der Waals surface area contributed by atoms with Gasteiger partial charge in [0.15, 0.2) is 0 Å². The van der Waals surface area contributed by atoms with Crippen molar-refractivity contribution in [1.82, 2.24) is 0 Å². The van der Waals surface area contributed by atoms with Crippen LogP contribution in [0.1, 0.15) is 34.6 Å². The molecule has 0 saturated heterocycles. The number of carbonyl (C=O) groups excluding carboxylic acids is 2. The first-order valence-electron chi connectivity index (χ1n) is 5.91. The maximum atomic E-state index is 12.0. The summed E-state index contributed by atoms with van der Waals surface area (Å²) in [6.45, 7) is 4.26. The van der Waals surface area contributed by atoms with Gasteiger partial charge in [0.2, 0.25) is 11.6 Å². The summed E-state index contributed by atoms with van der Waals surface area (Å²) in [5, 5.41) is 10.8. The fourth-order valence-corrected chi connectivity index (χ4v) is 1.96. The van der Waals surface area contributed by atoms with Gasteiger partial charge >= 0.3 is 6.04 Å². The molecule has 1 aliphatic rings. The molecule has 2 rings (SSSR count). The van der Waals surface area contributed by atoms with Gasteiger partial charge in [0.1, 0.15) is 5.75 Å². The smallest absolute Gasteiger partial charge is 0.336 e. The van der Waals surface area contributed by atoms with Crippen LogP contribution in [0.5, 0.6) is 5.75 Å². The van der Waals surface area contributed by atoms with Crippen molar-refractivity contribution < 1.29 is 19.2 Å². The van der Waals surface area contributed by atoms with Crippen molar-refractivity contribution in [2.45, 2.75) is 19.9 Å². The highest BCUT2D eigenvalue weighted by Crippen LogP contribution is 2.32. The molecule has 6 nitrogen and oxygen atoms in total. The minimum Gasteiger partial charge on any atom is -0.493 e. The van der Waals surface area contributed by atoms with Gasteiger partial charge in [-0.05, 0) is 12.0 Å². The van der Waals surface area contributed by atoms with Crippen molar-refractivity contribution in [3.8, 4) is 5.75 Å². The van der Waals surface area contributed by atoms with E-state index in [0.29, 0.717) is 6.61 Å². The molecule has 1 aromatic rings. The number of benzene rings is 1. The number of fused-ring (bicyclic) bond motifs is 1. The minimum absolute atomic E-state index is 0.0369. The third-order valence-electron chi connectivity index (χ3n) is 2.82. The van der Waals surface area contributed by atoms with Gasteiger partial charge in [-0.2, -0.15) is 0 Å². The van der Waals surface area contributed by atoms with Gasteiger partial charge in [-0.25, -0.2) is 0 Å². The minimum atomic E-state index is -1.82. The van der Waals surface area contributed by atoms with Crippen molar-refractivity contribution in [1.29, 1.82) is 0 Å². The zero-order valence-corrected chi connectivity index (χ0v) is 10.6. The predicted molar refractivity (Wildman–Crippen MR) is 66.2 cm³/mol. The van der Waals surface area contributed by atoms with Gasteiger partial charge < -0.3 is 4.74 Å². The number of hydrogen-bond acceptors (Lipinski definition) is 5. The van der Waals surface area contributed by atoms with Crippen molar-refractivity contribution >= 4 is 11.6 Å². The average molecular weight is 263 g/mol. The predicted octanol–water partition coefficient (Wildman–Crippen LogP) is 1.75. The Morgan fingerprint density at radius 2 is 2.00 bits per heavy atom. The fraction of sp³-hybridized carbons (Fsp3) is 0.385. The SMILES string of the molecule is CC(C)COc1cccc2c1C(=O)[C@H]([N+](=O)[O-])C2=O. The molecule has 0 fully saturated rings. The Morgan fingerprint density at radius 1 is 1.32 bits per heavy atom. The summed E-state index contributed by atoms with van der Waals surface area (Å²) >= 11 is 0. The second-order valence-electron chi connectivity index (χ2n) is 4.80. The number of nitrogens with zero attached hydrogens (tertiary/aromatic N) is 1. The van der Waals surface area contributed by atoms with E-state index in [4.69, 9.17) is 4.74 Å². The lowest BCUT2D eigenvalue weighted by Crippen LogP contribution is -2.31. The summed E-state index contributed by atoms with van der Waals surface area (Å²) in [6.07, 6.45) is 0. The Kier molecular flexibility index (Phi) is 3.33. The lowest BCUT2D eigenvalue weighted by atomic mass is 10.1. The Bertz CT molecular complexity index is 564. The largest absolute Gasteiger partial charge is 0.493 e. The van der Waals surface area contributed by atoms with Crippen LogP contribution < -0.4 is 4.74 Å². The number of carbonyl (C=O) groups is 2. The number of ketones is 2. The van der Waals surface area contributed by atoms with Crippen molar-refractivity contribution in [3.05, 3.63) is 39.4 Å². The van der Waals surface area contributed by atoms with Crippen LogP contribution in [0.25, 0.3) is 0 Å². The summed E-state index contributed by atoms with van der Waals surface area (Å²) in [7, 11) is 0. The summed E-state index contributed by atoms with van der Waals surface area (Å²) in [6, 6.07) is 2.71. The molecule has 1 aliphatic carbocycles. The van der Waals surface area contributed by atoms with E-state index in [1.165, 1.54) is 6.07 Å². The van der Waals surface area contributed by atoms with Crippen LogP contribution in [0.15, 0.2) is 18.2 Å². The molecular weight excluding hydrogens is 250 g/mol. The van der Waals surface area contributed by atoms with Crippen LogP contribution >= 0.6 is 0 Å². The summed E-state index contributed by atoms with van der Waals surface area (Å²) in [5.41, 5.74) is 0.114. The Morgan fingerprint density at radius 3 is 2.58 bits per heavy atom. The molecule has 1 atom stereocenters. The van der Waals surface area contributed by atoms with Gasteiger partial charge in [-0.3, -0.25) is 19.7 Å². The molecule has 19 heavy (non-hydrogen) atoms. The van der Waals surface area contributed by atoms with E-state index in [-0.39, 0.29) is 22.8 Å². The summed E-state index contributed by atoms with van der Waals surface area (Å²) in [4.78, 5) is 33.7. The maximum Gasteiger partial charge on any atom is 0.336 e. The van der Waals surface area contributed by atoms with Gasteiger partial charge in [0.25, 0.3) is 0 Å². The number of nitro groups is 1. The van der Waals surface area contributed by atoms with Gasteiger partial charge in [-0.15, -0.1) is 0 Å². The van der Waals surface area contributed by atoms with Crippen LogP contribution in [-0.4, -0.2) is 29.1 Å². The molecule has 0 heterocycles. The van der Waals surface area contributed by atoms with Crippen molar-refractivity contribution in [2.75, 3.05) is 6.61 Å². The topological polar surface area (TPSA) is 86.5 Å². The average Bonchev–Trinajstić information content (AvgIpc) is 2.60. The molecule has 0 spiro atoms. The molecule has 0 unspecified atom stereocenters. The maximum absolute atomic E-state index is 12.0. The van der Waals surface area contributed by atoms with E-state index >= 15 is 0 Å². The third-order valence-corrected chi connectivity index (χ3v) is 2.82. The van der Waals surface area contributed by atoms with Crippen LogP contribution in [0.4, 0.5) is 0 Å². The first-order valence-corrected chi connectivity index (χ1v) is 5.91. The van der Waals surface area contributed by atoms with E-state index in [1.54, 1.807) is 12.1 Å². The van der Waals surface area contributed by atoms with Crippen LogP contribution in [-0.2, 0) is 0 Å². The molecule has 100 valence electrons. The Hall–Kier alpha value is -2.24. The molecule has 0 aliphatic heterocycles. The van der Waals surface area contributed by atoms with Crippen molar-refractivity contribution in [3.63, 3.8) is 0 Å². The highest BCUT2D eigenvalue weighted by Gasteiger charge is 2.49. The number of rotatable bonds is 4. The first-order chi connectivity index (χ1) is 8.93. The molecule has 0 bridgehead atoms. The van der Waals surface area contributed by atoms with Crippen LogP contribution in [0.3, 0.4) is 0 Å². The number of hydrogen-bond donors (Lipinski definition) is 0. The van der Waals surface area contributed by atoms with Crippen molar-refractivity contribution in [2.24, 2.45) is 5.92 Å². The molecule has 0 amide bonds. The molecular formula is C13H13NO5. The standard InChI is InChI=1S/C13H13NO5/c1-7(2)6-19-9-5-3-4-8-10(9)13(16)11(12(8)15)14(17)18/h3-5,7,11H,6H2,1-2H3/t11-/m1/s1. The lowest BCUT2D eigenvalue weighted by molar-refractivity contribution is -0.488. The van der Waals surface area contributed by atoms with E-state index in [0.717, 1.165) is 0 Å². The second-order valence-corrected chi connectivity index (χ2v) is 4.80. The van der Waals surface area contributed by atoms with Gasteiger partial charge in [0.05, 0.1) is 12.2 Å². The van der Waals surface area contributed by atoms with E-state index in [1.807, 2.05) is 13.8 Å². The fourth-order valence-electron chi connectivity index (χ4n) is 1.96. The second kappa shape index (κ2) is 4.79. The molecule has 0 saturated carbocycles. The monoisotopic (exact) mass is 263 g/mol. The third kappa shape index (κ3) is 2.21. The van der Waals surface area contributed by atoms with Gasteiger partial charge in [-0.1, -0.05) is 26.0 Å². The highest BCUT2D eigenvalue weighted by atomic mass is 16.6. The normalized spacial score (nSPS) is 17.7. The van der Waals surface area contributed by atoms with E-state index in [9.17, 15) is 19.7 Å².